The van der Waals surface area contributed by atoms with E-state index in [2.05, 4.69) is 44.4 Å². The zero-order valence-electron chi connectivity index (χ0n) is 57.6. The molecule has 0 spiro atoms. The van der Waals surface area contributed by atoms with Crippen molar-refractivity contribution in [1.29, 1.82) is 0 Å². The van der Waals surface area contributed by atoms with Gasteiger partial charge < -0.3 is 42.6 Å². The van der Waals surface area contributed by atoms with Crippen LogP contribution < -0.4 is 0 Å². The summed E-state index contributed by atoms with van der Waals surface area (Å²) in [6.45, 7) is 26.0. The fourth-order valence-corrected chi connectivity index (χ4v) is 30.1. The average molecular weight is 1580 g/mol. The molecule has 17 aliphatic rings. The van der Waals surface area contributed by atoms with E-state index in [1.807, 2.05) is 6.92 Å². The maximum Gasteiger partial charge on any atom is 0.292 e. The Balaban J connectivity index is 0.000000129. The van der Waals surface area contributed by atoms with Crippen molar-refractivity contribution >= 4 is 89.9 Å². The molecule has 32 nitrogen and oxygen atoms in total. The molecule has 0 amide bonds. The molecular formula is C57H98O32S9. The third kappa shape index (κ3) is 18.0. The molecular weight excluding hydrogens is 1490 g/mol. The predicted octanol–water partition coefficient (Wildman–Crippen LogP) is 1.67. The Kier molecular flexibility index (Phi) is 23.1. The first-order valence-corrected chi connectivity index (χ1v) is 46.9. The topological polar surface area (TPSA) is 436 Å². The van der Waals surface area contributed by atoms with E-state index in [4.69, 9.17) is 46.8 Å². The number of sulfone groups is 4. The van der Waals surface area contributed by atoms with Gasteiger partial charge in [-0.1, -0.05) is 27.7 Å². The van der Waals surface area contributed by atoms with Crippen molar-refractivity contribution in [3.63, 3.8) is 0 Å². The van der Waals surface area contributed by atoms with Crippen LogP contribution in [0.2, 0.25) is 0 Å². The second kappa shape index (κ2) is 28.0. The van der Waals surface area contributed by atoms with E-state index in [9.17, 15) is 75.8 Å². The minimum atomic E-state index is -3.41. The standard InChI is InChI=1S/C9H14O3S.3C8H12O3S.4C5H10O4S.C4H8O4S/c1-9(2)5-4-13(10,11)6-3-7(9)12-8(5)6;1-8-2-5-6(11-8)4-12(9,10)7(5)3-8;1-4-5-3-12(9,10)7-2-6(4)11-8(5)7;1-4-6-3-12(9,10)8-5(6)2-7(4)11-8;1-5(2)3-10(6,7)9-4-8-5;1-5(2)3-9-10(6,7)4-8-5;1-5(2)3-8-4-10(6,7)9-5;1-5(2)3-8-4-9-10(5,6)7;1-4-2-7-3-8-9(4,5)6/h5-8H,3-4H2,1-2H3;5-7H,2-4H2,1H3;2*4-8H,2-3H2,1H3;4*3-4H2,1-2H3;4H,2-3H2,1H3. The summed E-state index contributed by atoms with van der Waals surface area (Å²) in [6.07, 6.45) is 4.92. The average Bonchev–Trinajstić information content (AvgIpc) is 1.56. The molecule has 2 saturated carbocycles. The van der Waals surface area contributed by atoms with Gasteiger partial charge in [0.15, 0.2) is 77.0 Å². The summed E-state index contributed by atoms with van der Waals surface area (Å²) in [5.74, 6) is 3.18. The molecule has 17 fully saturated rings. The maximum atomic E-state index is 11.7. The Labute approximate surface area is 578 Å². The lowest BCUT2D eigenvalue weighted by Crippen LogP contribution is -2.42. The van der Waals surface area contributed by atoms with Gasteiger partial charge in [0, 0.05) is 23.7 Å². The molecule has 41 heteroatoms. The van der Waals surface area contributed by atoms with E-state index in [1.165, 1.54) is 0 Å². The highest BCUT2D eigenvalue weighted by Crippen LogP contribution is 2.59. The Bertz CT molecular complexity index is 3850. The number of fused-ring (bicyclic) bond motifs is 4. The van der Waals surface area contributed by atoms with Crippen molar-refractivity contribution in [1.82, 2.24) is 0 Å². The van der Waals surface area contributed by atoms with E-state index in [0.717, 1.165) is 32.1 Å². The maximum absolute atomic E-state index is 11.7. The van der Waals surface area contributed by atoms with Crippen LogP contribution in [0.4, 0.5) is 0 Å². The van der Waals surface area contributed by atoms with Gasteiger partial charge >= 0.3 is 0 Å². The highest BCUT2D eigenvalue weighted by atomic mass is 32.2. The third-order valence-electron chi connectivity index (χ3n) is 21.2. The zero-order valence-corrected chi connectivity index (χ0v) is 64.9. The Morgan fingerprint density at radius 1 is 0.418 bits per heavy atom. The molecule has 572 valence electrons. The predicted molar refractivity (Wildman–Crippen MR) is 348 cm³/mol. The van der Waals surface area contributed by atoms with Crippen molar-refractivity contribution in [2.24, 2.45) is 46.8 Å². The second-order valence-corrected chi connectivity index (χ2v) is 49.4. The van der Waals surface area contributed by atoms with Crippen LogP contribution in [-0.4, -0.2) is 253 Å². The van der Waals surface area contributed by atoms with Gasteiger partial charge in [-0.05, 0) is 125 Å². The summed E-state index contributed by atoms with van der Waals surface area (Å²) in [5.41, 5.74) is -2.22. The monoisotopic (exact) mass is 1580 g/mol. The summed E-state index contributed by atoms with van der Waals surface area (Å²) in [6, 6.07) is 0. The van der Waals surface area contributed by atoms with E-state index in [-0.39, 0.29) is 133 Å². The third-order valence-corrected chi connectivity index (χ3v) is 36.9. The van der Waals surface area contributed by atoms with Gasteiger partial charge in [-0.25, -0.2) is 46.2 Å². The largest absolute Gasteiger partial charge is 0.373 e. The molecule has 0 aromatic rings. The molecule has 2 aliphatic carbocycles. The summed E-state index contributed by atoms with van der Waals surface area (Å²) in [4.78, 5) is 0. The van der Waals surface area contributed by atoms with Crippen LogP contribution in [0.3, 0.4) is 0 Å². The Hall–Kier alpha value is -1.01. The van der Waals surface area contributed by atoms with Gasteiger partial charge in [0.25, 0.3) is 50.6 Å². The van der Waals surface area contributed by atoms with Crippen LogP contribution in [0, 0.1) is 46.8 Å². The molecule has 19 atom stereocenters. The highest BCUT2D eigenvalue weighted by Gasteiger charge is 2.68. The van der Waals surface area contributed by atoms with Crippen LogP contribution >= 0.6 is 0 Å². The summed E-state index contributed by atoms with van der Waals surface area (Å²) in [7, 11) is -28.1. The van der Waals surface area contributed by atoms with Crippen LogP contribution in [0.15, 0.2) is 0 Å². The van der Waals surface area contributed by atoms with Gasteiger partial charge in [-0.3, -0.25) is 8.37 Å². The van der Waals surface area contributed by atoms with Crippen molar-refractivity contribution in [3.8, 4) is 0 Å². The van der Waals surface area contributed by atoms with E-state index < -0.39 is 122 Å². The fraction of sp³-hybridized carbons (Fsp3) is 1.00. The van der Waals surface area contributed by atoms with Crippen molar-refractivity contribution < 1.29 is 139 Å². The van der Waals surface area contributed by atoms with Gasteiger partial charge in [0.1, 0.15) is 21.4 Å². The first kappa shape index (κ1) is 81.1. The summed E-state index contributed by atoms with van der Waals surface area (Å²) in [5, 5.41) is -0.910. The Morgan fingerprint density at radius 3 is 1.45 bits per heavy atom. The SMILES string of the molecule is CC1(C)C2CC3C(O2)C1CS3(=O)=O.CC1(C)COCOS1(=O)=O.CC1(C)COCS(=O)(=O)O1.CC1(C)COS(=O)(=O)CO1.CC1(C)CS(=O)(=O)OCO1.CC12CC3C(CS(=O)(=O)C3C1)O2.CC1C2CC3C(O2)C1CS3(=O)=O.CC1C2CC3C1CS(=O)(=O)C3O2.CC1COCOS1(=O)=O. The first-order chi connectivity index (χ1) is 44.4. The zero-order chi connectivity index (χ0) is 73.2. The molecule has 15 heterocycles. The van der Waals surface area contributed by atoms with E-state index in [0.29, 0.717) is 59.4 Å². The van der Waals surface area contributed by atoms with Crippen LogP contribution in [0.1, 0.15) is 129 Å². The number of ether oxygens (including phenoxy) is 9. The minimum absolute atomic E-state index is 0.0185. The van der Waals surface area contributed by atoms with Gasteiger partial charge in [0.05, 0.1) is 119 Å². The van der Waals surface area contributed by atoms with Gasteiger partial charge in [0.2, 0.25) is 0 Å². The first-order valence-electron chi connectivity index (χ1n) is 32.4. The highest BCUT2D eigenvalue weighted by molar-refractivity contribution is 7.93. The Morgan fingerprint density at radius 2 is 1.02 bits per heavy atom. The molecule has 0 radical (unpaired) electrons. The second-order valence-electron chi connectivity index (χ2n) is 31.5. The lowest BCUT2D eigenvalue weighted by Gasteiger charge is -2.30. The van der Waals surface area contributed by atoms with Crippen molar-refractivity contribution in [2.75, 3.05) is 87.4 Å². The fourth-order valence-electron chi connectivity index (χ4n) is 15.6. The number of hydrogen-bond donors (Lipinski definition) is 0. The van der Waals surface area contributed by atoms with Gasteiger partial charge in [-0.15, -0.1) is 0 Å². The normalized spacial score (nSPS) is 44.4. The van der Waals surface area contributed by atoms with E-state index in [1.54, 1.807) is 62.3 Å². The number of hydrogen-bond acceptors (Lipinski definition) is 32. The summed E-state index contributed by atoms with van der Waals surface area (Å²) >= 11 is 0. The molecule has 0 N–H and O–H groups in total. The molecule has 0 aromatic carbocycles. The van der Waals surface area contributed by atoms with Gasteiger partial charge in [-0.2, -0.15) is 42.1 Å². The molecule has 15 aliphatic heterocycles. The molecule has 17 rings (SSSR count). The summed E-state index contributed by atoms with van der Waals surface area (Å²) < 4.78 is 268. The lowest BCUT2D eigenvalue weighted by atomic mass is 9.70. The van der Waals surface area contributed by atoms with Crippen molar-refractivity contribution in [3.05, 3.63) is 0 Å². The smallest absolute Gasteiger partial charge is 0.292 e. The van der Waals surface area contributed by atoms with E-state index >= 15 is 0 Å². The lowest BCUT2D eigenvalue weighted by molar-refractivity contribution is -0.0895. The van der Waals surface area contributed by atoms with Crippen LogP contribution in [-0.2, 0) is 153 Å². The minimum Gasteiger partial charge on any atom is -0.373 e. The number of rotatable bonds is 0. The quantitative estimate of drug-likeness (QED) is 0.311. The molecule has 8 bridgehead atoms. The van der Waals surface area contributed by atoms with Crippen molar-refractivity contribution in [2.45, 2.75) is 219 Å². The molecule has 15 saturated heterocycles. The van der Waals surface area contributed by atoms with Crippen LogP contribution in [0.25, 0.3) is 0 Å². The molecule has 98 heavy (non-hydrogen) atoms. The molecule has 0 aromatic heterocycles. The van der Waals surface area contributed by atoms with Crippen LogP contribution in [0.5, 0.6) is 0 Å². The molecule has 19 unspecified atom stereocenters.